The van der Waals surface area contributed by atoms with E-state index in [-0.39, 0.29) is 11.8 Å². The van der Waals surface area contributed by atoms with E-state index < -0.39 is 0 Å². The molecule has 0 aliphatic heterocycles. The monoisotopic (exact) mass is 288 g/mol. The Hall–Kier alpha value is -1.82. The number of carbonyl (C=O) groups is 1. The molecule has 6 heteroatoms. The zero-order valence-corrected chi connectivity index (χ0v) is 12.1. The van der Waals surface area contributed by atoms with Crippen LogP contribution in [0.5, 0.6) is 0 Å². The maximum Gasteiger partial charge on any atom is 0.231 e. The molecule has 1 aliphatic rings. The molecule has 104 valence electrons. The van der Waals surface area contributed by atoms with E-state index in [9.17, 15) is 4.79 Å². The Morgan fingerprint density at radius 1 is 1.45 bits per heavy atom. The van der Waals surface area contributed by atoms with Crippen molar-refractivity contribution < 1.29 is 4.79 Å². The highest BCUT2D eigenvalue weighted by Crippen LogP contribution is 2.33. The van der Waals surface area contributed by atoms with Crippen molar-refractivity contribution in [2.75, 3.05) is 11.4 Å². The minimum Gasteiger partial charge on any atom is -0.287 e. The minimum absolute atomic E-state index is 0.181. The van der Waals surface area contributed by atoms with Crippen LogP contribution in [-0.2, 0) is 4.79 Å². The molecule has 0 atom stereocenters. The Labute approximate surface area is 121 Å². The molecule has 0 saturated heterocycles. The highest BCUT2D eigenvalue weighted by Gasteiger charge is 2.31. The zero-order valence-electron chi connectivity index (χ0n) is 11.3. The number of aromatic nitrogens is 3. The number of amides is 1. The standard InChI is InChI=1S/C14H16N4OS/c1-2-18(13(19)10-5-3-6-10)14-17-16-12(20-14)11-7-4-8-15-9-11/h4,7-10H,2-3,5-6H2,1H3. The molecule has 0 N–H and O–H groups in total. The van der Waals surface area contributed by atoms with Crippen LogP contribution < -0.4 is 4.90 Å². The first-order chi connectivity index (χ1) is 9.79. The molecule has 0 spiro atoms. The number of anilines is 1. The molecule has 2 aromatic heterocycles. The third-order valence-electron chi connectivity index (χ3n) is 3.59. The van der Waals surface area contributed by atoms with Crippen molar-refractivity contribution in [3.05, 3.63) is 24.5 Å². The Morgan fingerprint density at radius 3 is 2.90 bits per heavy atom. The van der Waals surface area contributed by atoms with E-state index in [0.717, 1.165) is 29.8 Å². The van der Waals surface area contributed by atoms with Crippen LogP contribution in [-0.4, -0.2) is 27.6 Å². The average Bonchev–Trinajstić information content (AvgIpc) is 2.88. The zero-order chi connectivity index (χ0) is 13.9. The molecule has 1 saturated carbocycles. The second-order valence-electron chi connectivity index (χ2n) is 4.84. The molecule has 0 bridgehead atoms. The molecule has 0 radical (unpaired) electrons. The summed E-state index contributed by atoms with van der Waals surface area (Å²) in [5.41, 5.74) is 0.934. The van der Waals surface area contributed by atoms with Crippen LogP contribution in [0.3, 0.4) is 0 Å². The summed E-state index contributed by atoms with van der Waals surface area (Å²) in [6.45, 7) is 2.61. The van der Waals surface area contributed by atoms with Gasteiger partial charge in [-0.2, -0.15) is 0 Å². The van der Waals surface area contributed by atoms with Crippen LogP contribution in [0, 0.1) is 5.92 Å². The molecule has 20 heavy (non-hydrogen) atoms. The van der Waals surface area contributed by atoms with Gasteiger partial charge in [-0.25, -0.2) is 0 Å². The van der Waals surface area contributed by atoms with Gasteiger partial charge in [0.1, 0.15) is 0 Å². The van der Waals surface area contributed by atoms with E-state index in [0.29, 0.717) is 11.7 Å². The number of carbonyl (C=O) groups excluding carboxylic acids is 1. The van der Waals surface area contributed by atoms with Crippen molar-refractivity contribution in [2.45, 2.75) is 26.2 Å². The fourth-order valence-electron chi connectivity index (χ4n) is 2.19. The van der Waals surface area contributed by atoms with Crippen LogP contribution in [0.25, 0.3) is 10.6 Å². The van der Waals surface area contributed by atoms with E-state index in [1.165, 1.54) is 11.3 Å². The summed E-state index contributed by atoms with van der Waals surface area (Å²) in [6, 6.07) is 3.81. The smallest absolute Gasteiger partial charge is 0.231 e. The normalized spacial score (nSPS) is 14.8. The second-order valence-corrected chi connectivity index (χ2v) is 5.80. The Balaban J connectivity index is 1.82. The van der Waals surface area contributed by atoms with Gasteiger partial charge in [0.2, 0.25) is 11.0 Å². The number of hydrogen-bond acceptors (Lipinski definition) is 5. The van der Waals surface area contributed by atoms with E-state index in [4.69, 9.17) is 0 Å². The lowest BCUT2D eigenvalue weighted by atomic mass is 9.84. The lowest BCUT2D eigenvalue weighted by Gasteiger charge is -2.29. The molecule has 3 rings (SSSR count). The van der Waals surface area contributed by atoms with Gasteiger partial charge < -0.3 is 0 Å². The van der Waals surface area contributed by atoms with Crippen LogP contribution in [0.2, 0.25) is 0 Å². The van der Waals surface area contributed by atoms with Crippen molar-refractivity contribution in [3.8, 4) is 10.6 Å². The van der Waals surface area contributed by atoms with Gasteiger partial charge in [0.05, 0.1) is 0 Å². The third-order valence-corrected chi connectivity index (χ3v) is 4.59. The predicted octanol–water partition coefficient (Wildman–Crippen LogP) is 2.75. The summed E-state index contributed by atoms with van der Waals surface area (Å²) in [6.07, 6.45) is 6.65. The van der Waals surface area contributed by atoms with Gasteiger partial charge in [-0.1, -0.05) is 17.8 Å². The maximum absolute atomic E-state index is 12.4. The molecule has 5 nitrogen and oxygen atoms in total. The summed E-state index contributed by atoms with van der Waals surface area (Å²) in [5, 5.41) is 9.83. The largest absolute Gasteiger partial charge is 0.287 e. The molecule has 2 heterocycles. The Morgan fingerprint density at radius 2 is 2.30 bits per heavy atom. The lowest BCUT2D eigenvalue weighted by Crippen LogP contribution is -2.38. The molecule has 0 unspecified atom stereocenters. The van der Waals surface area contributed by atoms with Gasteiger partial charge in [0.15, 0.2) is 5.01 Å². The third kappa shape index (κ3) is 2.43. The second kappa shape index (κ2) is 5.66. The summed E-state index contributed by atoms with van der Waals surface area (Å²) in [7, 11) is 0. The van der Waals surface area contributed by atoms with Gasteiger partial charge in [0.25, 0.3) is 0 Å². The number of rotatable bonds is 4. The van der Waals surface area contributed by atoms with Crippen molar-refractivity contribution in [3.63, 3.8) is 0 Å². The van der Waals surface area contributed by atoms with Crippen molar-refractivity contribution in [1.82, 2.24) is 15.2 Å². The quantitative estimate of drug-likeness (QED) is 0.868. The van der Waals surface area contributed by atoms with Gasteiger partial charge >= 0.3 is 0 Å². The minimum atomic E-state index is 0.181. The number of hydrogen-bond donors (Lipinski definition) is 0. The maximum atomic E-state index is 12.4. The predicted molar refractivity (Wildman–Crippen MR) is 78.5 cm³/mol. The fraction of sp³-hybridized carbons (Fsp3) is 0.429. The SMILES string of the molecule is CCN(C(=O)C1CCC1)c1nnc(-c2cccnc2)s1. The van der Waals surface area contributed by atoms with Crippen molar-refractivity contribution in [2.24, 2.45) is 5.92 Å². The highest BCUT2D eigenvalue weighted by atomic mass is 32.1. The molecule has 1 fully saturated rings. The van der Waals surface area contributed by atoms with Crippen LogP contribution in [0.4, 0.5) is 5.13 Å². The van der Waals surface area contributed by atoms with Crippen LogP contribution >= 0.6 is 11.3 Å². The van der Waals surface area contributed by atoms with Crippen molar-refractivity contribution >= 4 is 22.4 Å². The number of pyridine rings is 1. The molecule has 0 aromatic carbocycles. The first-order valence-corrected chi connectivity index (χ1v) is 7.66. The van der Waals surface area contributed by atoms with Crippen LogP contribution in [0.1, 0.15) is 26.2 Å². The molecule has 1 aliphatic carbocycles. The average molecular weight is 288 g/mol. The van der Waals surface area contributed by atoms with Crippen molar-refractivity contribution in [1.29, 1.82) is 0 Å². The summed E-state index contributed by atoms with van der Waals surface area (Å²) >= 11 is 1.44. The summed E-state index contributed by atoms with van der Waals surface area (Å²) in [5.74, 6) is 0.369. The van der Waals surface area contributed by atoms with E-state index >= 15 is 0 Å². The molecule has 2 aromatic rings. The topological polar surface area (TPSA) is 59.0 Å². The van der Waals surface area contributed by atoms with Crippen LogP contribution in [0.15, 0.2) is 24.5 Å². The Kier molecular flexibility index (Phi) is 3.73. The molecular weight excluding hydrogens is 272 g/mol. The first-order valence-electron chi connectivity index (χ1n) is 6.85. The molecule has 1 amide bonds. The van der Waals surface area contributed by atoms with E-state index in [2.05, 4.69) is 15.2 Å². The van der Waals surface area contributed by atoms with E-state index in [1.54, 1.807) is 17.3 Å². The lowest BCUT2D eigenvalue weighted by molar-refractivity contribution is -0.124. The number of nitrogens with zero attached hydrogens (tertiary/aromatic N) is 4. The highest BCUT2D eigenvalue weighted by molar-refractivity contribution is 7.18. The van der Waals surface area contributed by atoms with E-state index in [1.807, 2.05) is 19.1 Å². The summed E-state index contributed by atoms with van der Waals surface area (Å²) in [4.78, 5) is 18.2. The van der Waals surface area contributed by atoms with Gasteiger partial charge in [-0.3, -0.25) is 14.7 Å². The van der Waals surface area contributed by atoms with Gasteiger partial charge in [0, 0.05) is 30.4 Å². The molecular formula is C14H16N4OS. The Bertz CT molecular complexity index is 594. The first kappa shape index (κ1) is 13.2. The summed E-state index contributed by atoms with van der Waals surface area (Å²) < 4.78 is 0. The van der Waals surface area contributed by atoms with Gasteiger partial charge in [-0.05, 0) is 31.9 Å². The fourth-order valence-corrected chi connectivity index (χ4v) is 3.10. The van der Waals surface area contributed by atoms with Gasteiger partial charge in [-0.15, -0.1) is 10.2 Å².